The third-order valence-electron chi connectivity index (χ3n) is 3.55. The van der Waals surface area contributed by atoms with Crippen molar-refractivity contribution in [3.63, 3.8) is 0 Å². The number of carbonyl (C=O) groups excluding carboxylic acids is 2. The van der Waals surface area contributed by atoms with Gasteiger partial charge < -0.3 is 4.42 Å². The Morgan fingerprint density at radius 1 is 1.24 bits per heavy atom. The van der Waals surface area contributed by atoms with E-state index in [9.17, 15) is 9.59 Å². The van der Waals surface area contributed by atoms with Crippen molar-refractivity contribution < 1.29 is 14.0 Å². The molecule has 2 amide bonds. The van der Waals surface area contributed by atoms with Crippen LogP contribution in [0.2, 0.25) is 5.02 Å². The number of hydrogen-bond acceptors (Lipinski definition) is 4. The summed E-state index contributed by atoms with van der Waals surface area (Å²) in [7, 11) is 0. The third-order valence-corrected chi connectivity index (χ3v) is 4.20. The number of nitrogens with one attached hydrogen (secondary N) is 1. The molecule has 0 spiro atoms. The fraction of sp³-hybridized carbons (Fsp3) is 0.0556. The third kappa shape index (κ3) is 3.40. The Bertz CT molecular complexity index is 917. The molecule has 2 heterocycles. The van der Waals surface area contributed by atoms with Gasteiger partial charge in [0, 0.05) is 12.1 Å². The number of thiocarbonyl (C=S) groups is 1. The molecule has 1 aromatic heterocycles. The van der Waals surface area contributed by atoms with Gasteiger partial charge in [-0.3, -0.25) is 19.8 Å². The molecule has 1 fully saturated rings. The van der Waals surface area contributed by atoms with Crippen molar-refractivity contribution >= 4 is 46.8 Å². The van der Waals surface area contributed by atoms with Gasteiger partial charge in [0.1, 0.15) is 17.1 Å². The van der Waals surface area contributed by atoms with E-state index in [0.29, 0.717) is 16.5 Å². The summed E-state index contributed by atoms with van der Waals surface area (Å²) in [5.41, 5.74) is 0.665. The average Bonchev–Trinajstić information content (AvgIpc) is 3.04. The smallest absolute Gasteiger partial charge is 0.266 e. The summed E-state index contributed by atoms with van der Waals surface area (Å²) in [6.45, 7) is 3.79. The molecule has 0 saturated carbocycles. The van der Waals surface area contributed by atoms with Crippen LogP contribution in [0.5, 0.6) is 0 Å². The highest BCUT2D eigenvalue weighted by Crippen LogP contribution is 2.29. The topological polar surface area (TPSA) is 62.6 Å². The largest absolute Gasteiger partial charge is 0.457 e. The highest BCUT2D eigenvalue weighted by molar-refractivity contribution is 7.80. The van der Waals surface area contributed by atoms with E-state index in [-0.39, 0.29) is 17.2 Å². The first kappa shape index (κ1) is 17.1. The van der Waals surface area contributed by atoms with E-state index < -0.39 is 11.8 Å². The highest BCUT2D eigenvalue weighted by Gasteiger charge is 2.32. The molecule has 7 heteroatoms. The zero-order chi connectivity index (χ0) is 18.0. The van der Waals surface area contributed by atoms with Gasteiger partial charge in [-0.25, -0.2) is 0 Å². The molecule has 126 valence electrons. The van der Waals surface area contributed by atoms with Crippen LogP contribution < -0.4 is 5.32 Å². The van der Waals surface area contributed by atoms with Crippen molar-refractivity contribution in [1.82, 2.24) is 10.2 Å². The van der Waals surface area contributed by atoms with Crippen LogP contribution in [-0.4, -0.2) is 28.4 Å². The molecule has 25 heavy (non-hydrogen) atoms. The van der Waals surface area contributed by atoms with Gasteiger partial charge in [0.15, 0.2) is 5.11 Å². The molecular weight excluding hydrogens is 360 g/mol. The number of halogens is 1. The first-order valence-corrected chi connectivity index (χ1v) is 8.14. The Morgan fingerprint density at radius 2 is 2.00 bits per heavy atom. The van der Waals surface area contributed by atoms with Crippen LogP contribution in [0, 0.1) is 0 Å². The van der Waals surface area contributed by atoms with Crippen molar-refractivity contribution in [1.29, 1.82) is 0 Å². The Morgan fingerprint density at radius 3 is 2.72 bits per heavy atom. The molecule has 0 atom stereocenters. The summed E-state index contributed by atoms with van der Waals surface area (Å²) in [5, 5.41) is 3.09. The van der Waals surface area contributed by atoms with Crippen LogP contribution in [0.3, 0.4) is 0 Å². The van der Waals surface area contributed by atoms with E-state index >= 15 is 0 Å². The molecule has 0 unspecified atom stereocenters. The number of amides is 2. The standard InChI is InChI=1S/C18H13ClN2O3S/c1-2-9-21-17(23)13(16(22)20-18(21)25)10-11-7-8-15(24-11)12-5-3-4-6-14(12)19/h2-8,10H,1,9H2,(H,20,22,25). The van der Waals surface area contributed by atoms with E-state index in [1.807, 2.05) is 18.2 Å². The maximum Gasteiger partial charge on any atom is 0.266 e. The molecule has 1 aliphatic rings. The Hall–Kier alpha value is -2.70. The summed E-state index contributed by atoms with van der Waals surface area (Å²) in [5.74, 6) is -0.158. The molecule has 2 aromatic rings. The Balaban J connectivity index is 1.93. The fourth-order valence-corrected chi connectivity index (χ4v) is 2.85. The van der Waals surface area contributed by atoms with Gasteiger partial charge in [-0.05, 0) is 42.6 Å². The molecule has 5 nitrogen and oxygen atoms in total. The quantitative estimate of drug-likeness (QED) is 0.386. The first-order chi connectivity index (χ1) is 12.0. The molecule has 1 aliphatic heterocycles. The van der Waals surface area contributed by atoms with Gasteiger partial charge in [-0.15, -0.1) is 6.58 Å². The maximum absolute atomic E-state index is 12.5. The molecule has 0 radical (unpaired) electrons. The predicted octanol–water partition coefficient (Wildman–Crippen LogP) is 3.41. The first-order valence-electron chi connectivity index (χ1n) is 7.35. The summed E-state index contributed by atoms with van der Waals surface area (Å²) < 4.78 is 5.71. The van der Waals surface area contributed by atoms with Crippen LogP contribution in [0.4, 0.5) is 0 Å². The minimum absolute atomic E-state index is 0.0586. The second-order valence-electron chi connectivity index (χ2n) is 5.20. The van der Waals surface area contributed by atoms with Gasteiger partial charge in [-0.1, -0.05) is 29.8 Å². The second kappa shape index (κ2) is 7.04. The summed E-state index contributed by atoms with van der Waals surface area (Å²) in [6.07, 6.45) is 2.91. The normalized spacial score (nSPS) is 16.3. The van der Waals surface area contributed by atoms with E-state index in [0.717, 1.165) is 5.56 Å². The number of carbonyl (C=O) groups is 2. The van der Waals surface area contributed by atoms with E-state index in [1.54, 1.807) is 18.2 Å². The second-order valence-corrected chi connectivity index (χ2v) is 6.00. The fourth-order valence-electron chi connectivity index (χ4n) is 2.37. The zero-order valence-corrected chi connectivity index (χ0v) is 14.6. The molecule has 0 aliphatic carbocycles. The van der Waals surface area contributed by atoms with E-state index in [1.165, 1.54) is 17.1 Å². The number of nitrogens with zero attached hydrogens (tertiary/aromatic N) is 1. The molecule has 3 rings (SSSR count). The van der Waals surface area contributed by atoms with Gasteiger partial charge >= 0.3 is 0 Å². The van der Waals surface area contributed by atoms with Crippen molar-refractivity contribution in [3.8, 4) is 11.3 Å². The lowest BCUT2D eigenvalue weighted by atomic mass is 10.1. The highest BCUT2D eigenvalue weighted by atomic mass is 35.5. The van der Waals surface area contributed by atoms with Crippen molar-refractivity contribution in [2.45, 2.75) is 0 Å². The van der Waals surface area contributed by atoms with Crippen molar-refractivity contribution in [3.05, 3.63) is 65.4 Å². The van der Waals surface area contributed by atoms with Crippen LogP contribution in [-0.2, 0) is 9.59 Å². The van der Waals surface area contributed by atoms with Crippen LogP contribution >= 0.6 is 23.8 Å². The van der Waals surface area contributed by atoms with E-state index in [4.69, 9.17) is 28.2 Å². The molecule has 1 saturated heterocycles. The number of furan rings is 1. The molecule has 1 N–H and O–H groups in total. The monoisotopic (exact) mass is 372 g/mol. The zero-order valence-electron chi connectivity index (χ0n) is 13.0. The molecule has 1 aromatic carbocycles. The number of benzene rings is 1. The SMILES string of the molecule is C=CCN1C(=O)C(=Cc2ccc(-c3ccccc3Cl)o2)C(=O)NC1=S. The van der Waals surface area contributed by atoms with Crippen molar-refractivity contribution in [2.75, 3.05) is 6.54 Å². The van der Waals surface area contributed by atoms with Gasteiger partial charge in [0.2, 0.25) is 0 Å². The summed E-state index contributed by atoms with van der Waals surface area (Å²) in [4.78, 5) is 25.8. The van der Waals surface area contributed by atoms with Gasteiger partial charge in [0.25, 0.3) is 11.8 Å². The minimum Gasteiger partial charge on any atom is -0.457 e. The maximum atomic E-state index is 12.5. The van der Waals surface area contributed by atoms with Crippen LogP contribution in [0.15, 0.2) is 59.0 Å². The van der Waals surface area contributed by atoms with Crippen LogP contribution in [0.1, 0.15) is 5.76 Å². The van der Waals surface area contributed by atoms with Crippen LogP contribution in [0.25, 0.3) is 17.4 Å². The predicted molar refractivity (Wildman–Crippen MR) is 99.8 cm³/mol. The lowest BCUT2D eigenvalue weighted by Gasteiger charge is -2.27. The summed E-state index contributed by atoms with van der Waals surface area (Å²) >= 11 is 11.2. The lowest BCUT2D eigenvalue weighted by Crippen LogP contribution is -2.53. The summed E-state index contributed by atoms with van der Waals surface area (Å²) in [6, 6.07) is 10.6. The lowest BCUT2D eigenvalue weighted by molar-refractivity contribution is -0.128. The Labute approximate surface area is 154 Å². The number of rotatable bonds is 4. The van der Waals surface area contributed by atoms with Gasteiger partial charge in [-0.2, -0.15) is 0 Å². The molecular formula is C18H13ClN2O3S. The van der Waals surface area contributed by atoms with Gasteiger partial charge in [0.05, 0.1) is 5.02 Å². The molecule has 0 bridgehead atoms. The van der Waals surface area contributed by atoms with Crippen molar-refractivity contribution in [2.24, 2.45) is 0 Å². The number of hydrogen-bond donors (Lipinski definition) is 1. The Kier molecular flexibility index (Phi) is 4.83. The average molecular weight is 373 g/mol. The van der Waals surface area contributed by atoms with E-state index in [2.05, 4.69) is 11.9 Å². The minimum atomic E-state index is -0.564.